The number of halogens is 1. The Bertz CT molecular complexity index is 809. The molecule has 1 saturated heterocycles. The van der Waals surface area contributed by atoms with Crippen LogP contribution in [0, 0.1) is 12.7 Å². The van der Waals surface area contributed by atoms with Crippen molar-refractivity contribution in [2.45, 2.75) is 32.4 Å². The molecule has 0 saturated carbocycles. The van der Waals surface area contributed by atoms with E-state index in [1.807, 2.05) is 49.2 Å². The zero-order chi connectivity index (χ0) is 19.4. The maximum atomic E-state index is 13.9. The minimum Gasteiger partial charge on any atom is -0.496 e. The maximum Gasteiger partial charge on any atom is 0.253 e. The molecule has 0 radical (unpaired) electrons. The minimum atomic E-state index is -0.169. The van der Waals surface area contributed by atoms with Crippen LogP contribution in [-0.4, -0.2) is 49.0 Å². The predicted molar refractivity (Wildman–Crippen MR) is 105 cm³/mol. The van der Waals surface area contributed by atoms with Crippen LogP contribution in [0.2, 0.25) is 0 Å². The standard InChI is InChI=1S/C22H27FN2O2/c1-16-13-17(10-11-21(16)27-3)22(26)24(2)19-8-6-12-25(15-19)14-18-7-4-5-9-20(18)23/h4-5,7,9-11,13,19H,6,8,12,14-15H2,1-3H3/t19-/m1/s1. The fraction of sp³-hybridized carbons (Fsp3) is 0.409. The summed E-state index contributed by atoms with van der Waals surface area (Å²) < 4.78 is 19.2. The number of methoxy groups -OCH3 is 1. The van der Waals surface area contributed by atoms with E-state index in [9.17, 15) is 9.18 Å². The first-order chi connectivity index (χ1) is 13.0. The lowest BCUT2D eigenvalue weighted by atomic mass is 10.0. The fourth-order valence-electron chi connectivity index (χ4n) is 3.74. The number of ether oxygens (including phenoxy) is 1. The van der Waals surface area contributed by atoms with E-state index in [0.717, 1.165) is 37.2 Å². The van der Waals surface area contributed by atoms with Gasteiger partial charge in [-0.3, -0.25) is 9.69 Å². The molecule has 1 aliphatic rings. The zero-order valence-corrected chi connectivity index (χ0v) is 16.2. The quantitative estimate of drug-likeness (QED) is 0.801. The average Bonchev–Trinajstić information content (AvgIpc) is 2.69. The summed E-state index contributed by atoms with van der Waals surface area (Å²) in [7, 11) is 3.49. The van der Waals surface area contributed by atoms with Crippen molar-refractivity contribution in [2.75, 3.05) is 27.2 Å². The molecule has 27 heavy (non-hydrogen) atoms. The van der Waals surface area contributed by atoms with Crippen LogP contribution in [-0.2, 0) is 6.54 Å². The molecule has 1 fully saturated rings. The van der Waals surface area contributed by atoms with Gasteiger partial charge in [0, 0.05) is 37.3 Å². The molecule has 0 aromatic heterocycles. The van der Waals surface area contributed by atoms with Crippen LogP contribution in [0.1, 0.15) is 34.3 Å². The van der Waals surface area contributed by atoms with Gasteiger partial charge in [-0.1, -0.05) is 18.2 Å². The summed E-state index contributed by atoms with van der Waals surface area (Å²) in [6, 6.07) is 12.5. The number of carbonyl (C=O) groups is 1. The summed E-state index contributed by atoms with van der Waals surface area (Å²) in [5.74, 6) is 0.624. The molecule has 2 aromatic rings. The van der Waals surface area contributed by atoms with Crippen LogP contribution in [0.4, 0.5) is 4.39 Å². The Morgan fingerprint density at radius 2 is 2.07 bits per heavy atom. The lowest BCUT2D eigenvalue weighted by Gasteiger charge is -2.37. The van der Waals surface area contributed by atoms with Gasteiger partial charge in [0.05, 0.1) is 7.11 Å². The van der Waals surface area contributed by atoms with Crippen LogP contribution in [0.15, 0.2) is 42.5 Å². The zero-order valence-electron chi connectivity index (χ0n) is 16.2. The molecule has 1 heterocycles. The molecule has 5 heteroatoms. The second-order valence-corrected chi connectivity index (χ2v) is 7.22. The molecule has 1 atom stereocenters. The summed E-state index contributed by atoms with van der Waals surface area (Å²) in [5.41, 5.74) is 2.32. The molecule has 1 aliphatic heterocycles. The Hall–Kier alpha value is -2.40. The summed E-state index contributed by atoms with van der Waals surface area (Å²) in [6.45, 7) is 4.19. The topological polar surface area (TPSA) is 32.8 Å². The summed E-state index contributed by atoms with van der Waals surface area (Å²) in [6.07, 6.45) is 1.96. The van der Waals surface area contributed by atoms with Gasteiger partial charge in [0.25, 0.3) is 5.91 Å². The molecule has 0 bridgehead atoms. The van der Waals surface area contributed by atoms with Crippen molar-refractivity contribution >= 4 is 5.91 Å². The number of amides is 1. The maximum absolute atomic E-state index is 13.9. The van der Waals surface area contributed by atoms with Crippen molar-refractivity contribution in [1.29, 1.82) is 0 Å². The highest BCUT2D eigenvalue weighted by Crippen LogP contribution is 2.22. The first kappa shape index (κ1) is 19.4. The molecule has 3 rings (SSSR count). The second kappa shape index (κ2) is 8.53. The number of hydrogen-bond acceptors (Lipinski definition) is 3. The van der Waals surface area contributed by atoms with Gasteiger partial charge in [-0.25, -0.2) is 4.39 Å². The summed E-state index contributed by atoms with van der Waals surface area (Å²) in [4.78, 5) is 17.0. The number of benzene rings is 2. The van der Waals surface area contributed by atoms with Crippen molar-refractivity contribution < 1.29 is 13.9 Å². The third kappa shape index (κ3) is 4.48. The van der Waals surface area contributed by atoms with E-state index in [2.05, 4.69) is 4.90 Å². The Morgan fingerprint density at radius 3 is 2.78 bits per heavy atom. The van der Waals surface area contributed by atoms with Crippen LogP contribution < -0.4 is 4.74 Å². The average molecular weight is 370 g/mol. The first-order valence-electron chi connectivity index (χ1n) is 9.37. The van der Waals surface area contributed by atoms with Crippen molar-refractivity contribution in [3.63, 3.8) is 0 Å². The highest BCUT2D eigenvalue weighted by Gasteiger charge is 2.27. The van der Waals surface area contributed by atoms with Crippen molar-refractivity contribution in [3.8, 4) is 5.75 Å². The predicted octanol–water partition coefficient (Wildman–Crippen LogP) is 3.88. The van der Waals surface area contributed by atoms with Crippen LogP contribution in [0.3, 0.4) is 0 Å². The largest absolute Gasteiger partial charge is 0.496 e. The van der Waals surface area contributed by atoms with Gasteiger partial charge in [-0.05, 0) is 56.1 Å². The van der Waals surface area contributed by atoms with E-state index in [4.69, 9.17) is 4.74 Å². The van der Waals surface area contributed by atoms with Crippen molar-refractivity contribution in [3.05, 3.63) is 65.0 Å². The molecular weight excluding hydrogens is 343 g/mol. The van der Waals surface area contributed by atoms with E-state index < -0.39 is 0 Å². The number of piperidine rings is 1. The van der Waals surface area contributed by atoms with E-state index >= 15 is 0 Å². The third-order valence-corrected chi connectivity index (χ3v) is 5.34. The number of nitrogens with zero attached hydrogens (tertiary/aromatic N) is 2. The van der Waals surface area contributed by atoms with Crippen LogP contribution >= 0.6 is 0 Å². The molecule has 0 N–H and O–H groups in total. The van der Waals surface area contributed by atoms with Gasteiger partial charge in [-0.15, -0.1) is 0 Å². The Labute approximate surface area is 160 Å². The number of hydrogen-bond donors (Lipinski definition) is 0. The number of rotatable bonds is 5. The fourth-order valence-corrected chi connectivity index (χ4v) is 3.74. The number of aryl methyl sites for hydroxylation is 1. The molecule has 1 amide bonds. The van der Waals surface area contributed by atoms with E-state index in [0.29, 0.717) is 17.7 Å². The smallest absolute Gasteiger partial charge is 0.253 e. The number of carbonyl (C=O) groups excluding carboxylic acids is 1. The Kier molecular flexibility index (Phi) is 6.11. The molecule has 2 aromatic carbocycles. The van der Waals surface area contributed by atoms with E-state index in [1.54, 1.807) is 13.2 Å². The molecular formula is C22H27FN2O2. The van der Waals surface area contributed by atoms with E-state index in [1.165, 1.54) is 6.07 Å². The molecule has 144 valence electrons. The van der Waals surface area contributed by atoms with Gasteiger partial charge in [0.2, 0.25) is 0 Å². The van der Waals surface area contributed by atoms with Crippen molar-refractivity contribution in [2.24, 2.45) is 0 Å². The number of likely N-dealkylation sites (tertiary alicyclic amines) is 1. The lowest BCUT2D eigenvalue weighted by molar-refractivity contribution is 0.0607. The first-order valence-corrected chi connectivity index (χ1v) is 9.37. The highest BCUT2D eigenvalue weighted by molar-refractivity contribution is 5.94. The molecule has 0 aliphatic carbocycles. The van der Waals surface area contributed by atoms with Crippen LogP contribution in [0.25, 0.3) is 0 Å². The monoisotopic (exact) mass is 370 g/mol. The lowest BCUT2D eigenvalue weighted by Crippen LogP contribution is -2.48. The van der Waals surface area contributed by atoms with Gasteiger partial charge in [0.15, 0.2) is 0 Å². The van der Waals surface area contributed by atoms with Gasteiger partial charge < -0.3 is 9.64 Å². The molecule has 0 unspecified atom stereocenters. The Balaban J connectivity index is 1.67. The highest BCUT2D eigenvalue weighted by atomic mass is 19.1. The van der Waals surface area contributed by atoms with E-state index in [-0.39, 0.29) is 17.8 Å². The summed E-state index contributed by atoms with van der Waals surface area (Å²) >= 11 is 0. The van der Waals surface area contributed by atoms with Crippen molar-refractivity contribution in [1.82, 2.24) is 9.80 Å². The normalized spacial score (nSPS) is 17.6. The SMILES string of the molecule is COc1ccc(C(=O)N(C)[C@@H]2CCCN(Cc3ccccc3F)C2)cc1C. The Morgan fingerprint density at radius 1 is 1.30 bits per heavy atom. The molecule has 4 nitrogen and oxygen atoms in total. The minimum absolute atomic E-state index is 0.0125. The second-order valence-electron chi connectivity index (χ2n) is 7.22. The van der Waals surface area contributed by atoms with Crippen LogP contribution in [0.5, 0.6) is 5.75 Å². The molecule has 0 spiro atoms. The summed E-state index contributed by atoms with van der Waals surface area (Å²) in [5, 5.41) is 0. The van der Waals surface area contributed by atoms with Gasteiger partial charge >= 0.3 is 0 Å². The van der Waals surface area contributed by atoms with Gasteiger partial charge in [0.1, 0.15) is 11.6 Å². The number of likely N-dealkylation sites (N-methyl/N-ethyl adjacent to an activating group) is 1. The third-order valence-electron chi connectivity index (χ3n) is 5.34. The van der Waals surface area contributed by atoms with Gasteiger partial charge in [-0.2, -0.15) is 0 Å².